The molecule has 1 aliphatic rings. The minimum atomic E-state index is -1.36. The highest BCUT2D eigenvalue weighted by atomic mass is 35.5. The van der Waals surface area contributed by atoms with Gasteiger partial charge in [-0.3, -0.25) is 0 Å². The van der Waals surface area contributed by atoms with Gasteiger partial charge in [0.25, 0.3) is 0 Å². The third kappa shape index (κ3) is 1.39. The number of rotatable bonds is 0. The Kier molecular flexibility index (Phi) is 1.95. The van der Waals surface area contributed by atoms with Crippen LogP contribution in [-0.4, -0.2) is 6.61 Å². The number of hydrogen-bond acceptors (Lipinski definition) is 1. The zero-order chi connectivity index (χ0) is 9.47. The van der Waals surface area contributed by atoms with E-state index < -0.39 is 5.67 Å². The summed E-state index contributed by atoms with van der Waals surface area (Å²) in [5.41, 5.74) is -0.866. The molecule has 0 saturated carbocycles. The van der Waals surface area contributed by atoms with Crippen LogP contribution in [0, 0.1) is 0 Å². The summed E-state index contributed by atoms with van der Waals surface area (Å²) in [7, 11) is 0. The largest absolute Gasteiger partial charge is 0.493 e. The number of alkyl halides is 1. The molecule has 2 rings (SSSR count). The Bertz CT molecular complexity index is 336. The van der Waals surface area contributed by atoms with Crippen LogP contribution in [0.2, 0.25) is 5.02 Å². The fraction of sp³-hybridized carbons (Fsp3) is 0.400. The standard InChI is InChI=1S/C10H10ClFO/c1-10(12)5-6-13-8-4-2-3-7(11)9(8)10/h2-4H,5-6H2,1H3. The van der Waals surface area contributed by atoms with Gasteiger partial charge in [0.2, 0.25) is 0 Å². The van der Waals surface area contributed by atoms with Crippen LogP contribution in [-0.2, 0) is 5.67 Å². The quantitative estimate of drug-likeness (QED) is 0.625. The van der Waals surface area contributed by atoms with Crippen molar-refractivity contribution in [3.63, 3.8) is 0 Å². The molecule has 0 saturated heterocycles. The van der Waals surface area contributed by atoms with Crippen molar-refractivity contribution >= 4 is 11.6 Å². The maximum atomic E-state index is 14.0. The van der Waals surface area contributed by atoms with Crippen LogP contribution >= 0.6 is 11.6 Å². The lowest BCUT2D eigenvalue weighted by Crippen LogP contribution is -2.25. The van der Waals surface area contributed by atoms with E-state index in [1.165, 1.54) is 0 Å². The second-order valence-corrected chi connectivity index (χ2v) is 3.82. The summed E-state index contributed by atoms with van der Waals surface area (Å²) >= 11 is 5.91. The molecule has 0 spiro atoms. The number of halogens is 2. The van der Waals surface area contributed by atoms with Crippen LogP contribution in [0.25, 0.3) is 0 Å². The van der Waals surface area contributed by atoms with E-state index in [4.69, 9.17) is 16.3 Å². The highest BCUT2D eigenvalue weighted by Crippen LogP contribution is 2.43. The van der Waals surface area contributed by atoms with Gasteiger partial charge in [0.15, 0.2) is 0 Å². The predicted octanol–water partition coefficient (Wildman–Crippen LogP) is 3.31. The smallest absolute Gasteiger partial charge is 0.141 e. The van der Waals surface area contributed by atoms with Gasteiger partial charge in [-0.1, -0.05) is 17.7 Å². The number of benzene rings is 1. The molecule has 0 N–H and O–H groups in total. The molecule has 1 aromatic carbocycles. The van der Waals surface area contributed by atoms with Gasteiger partial charge in [-0.05, 0) is 19.1 Å². The van der Waals surface area contributed by atoms with Gasteiger partial charge in [0.05, 0.1) is 11.6 Å². The zero-order valence-corrected chi connectivity index (χ0v) is 8.07. The summed E-state index contributed by atoms with van der Waals surface area (Å²) in [5.74, 6) is 0.573. The monoisotopic (exact) mass is 200 g/mol. The first kappa shape index (κ1) is 8.82. The molecule has 1 nitrogen and oxygen atoms in total. The van der Waals surface area contributed by atoms with Crippen molar-refractivity contribution in [2.45, 2.75) is 19.0 Å². The van der Waals surface area contributed by atoms with Crippen molar-refractivity contribution in [1.82, 2.24) is 0 Å². The summed E-state index contributed by atoms with van der Waals surface area (Å²) in [4.78, 5) is 0. The number of fused-ring (bicyclic) bond motifs is 1. The third-order valence-corrected chi connectivity index (χ3v) is 2.64. The second kappa shape index (κ2) is 2.88. The first-order valence-corrected chi connectivity index (χ1v) is 4.60. The highest BCUT2D eigenvalue weighted by molar-refractivity contribution is 6.31. The molecular weight excluding hydrogens is 191 g/mol. The van der Waals surface area contributed by atoms with E-state index in [0.717, 1.165) is 0 Å². The van der Waals surface area contributed by atoms with Gasteiger partial charge in [-0.2, -0.15) is 0 Å². The highest BCUT2D eigenvalue weighted by Gasteiger charge is 2.34. The van der Waals surface area contributed by atoms with Crippen LogP contribution < -0.4 is 4.74 Å². The van der Waals surface area contributed by atoms with Crippen molar-refractivity contribution in [3.05, 3.63) is 28.8 Å². The Hall–Kier alpha value is -0.760. The third-order valence-electron chi connectivity index (χ3n) is 2.33. The van der Waals surface area contributed by atoms with Gasteiger partial charge in [0.1, 0.15) is 11.4 Å². The van der Waals surface area contributed by atoms with Crippen molar-refractivity contribution in [1.29, 1.82) is 0 Å². The Morgan fingerprint density at radius 3 is 3.00 bits per heavy atom. The topological polar surface area (TPSA) is 9.23 Å². The summed E-state index contributed by atoms with van der Waals surface area (Å²) in [6, 6.07) is 5.20. The minimum Gasteiger partial charge on any atom is -0.493 e. The van der Waals surface area contributed by atoms with E-state index in [-0.39, 0.29) is 0 Å². The Labute approximate surface area is 81.5 Å². The number of hydrogen-bond donors (Lipinski definition) is 0. The lowest BCUT2D eigenvalue weighted by Gasteiger charge is -2.29. The SMILES string of the molecule is CC1(F)CCOc2cccc(Cl)c21. The fourth-order valence-corrected chi connectivity index (χ4v) is 1.97. The molecule has 70 valence electrons. The Balaban J connectivity index is 2.61. The Morgan fingerprint density at radius 2 is 2.31 bits per heavy atom. The fourth-order valence-electron chi connectivity index (χ4n) is 1.61. The molecule has 1 atom stereocenters. The Morgan fingerprint density at radius 1 is 1.54 bits per heavy atom. The molecule has 0 aliphatic carbocycles. The first-order valence-electron chi connectivity index (χ1n) is 4.22. The van der Waals surface area contributed by atoms with Crippen molar-refractivity contribution < 1.29 is 9.13 Å². The average Bonchev–Trinajstić information content (AvgIpc) is 2.02. The lowest BCUT2D eigenvalue weighted by molar-refractivity contribution is 0.110. The van der Waals surface area contributed by atoms with Gasteiger partial charge in [-0.25, -0.2) is 4.39 Å². The van der Waals surface area contributed by atoms with Crippen molar-refractivity contribution in [2.75, 3.05) is 6.61 Å². The molecule has 1 heterocycles. The van der Waals surface area contributed by atoms with Crippen LogP contribution in [0.3, 0.4) is 0 Å². The van der Waals surface area contributed by atoms with E-state index in [2.05, 4.69) is 0 Å². The molecule has 0 amide bonds. The molecular formula is C10H10ClFO. The van der Waals surface area contributed by atoms with E-state index in [9.17, 15) is 4.39 Å². The molecule has 3 heteroatoms. The zero-order valence-electron chi connectivity index (χ0n) is 7.31. The van der Waals surface area contributed by atoms with Crippen LogP contribution in [0.5, 0.6) is 5.75 Å². The van der Waals surface area contributed by atoms with E-state index in [1.807, 2.05) is 0 Å². The van der Waals surface area contributed by atoms with E-state index >= 15 is 0 Å². The van der Waals surface area contributed by atoms with Gasteiger partial charge in [-0.15, -0.1) is 0 Å². The van der Waals surface area contributed by atoms with Crippen molar-refractivity contribution in [3.8, 4) is 5.75 Å². The maximum absolute atomic E-state index is 14.0. The molecule has 0 aromatic heterocycles. The average molecular weight is 201 g/mol. The summed E-state index contributed by atoms with van der Waals surface area (Å²) < 4.78 is 19.3. The molecule has 0 radical (unpaired) electrons. The molecule has 0 bridgehead atoms. The molecule has 1 unspecified atom stereocenters. The van der Waals surface area contributed by atoms with Crippen LogP contribution in [0.15, 0.2) is 18.2 Å². The second-order valence-electron chi connectivity index (χ2n) is 3.41. The molecule has 0 fully saturated rings. The number of ether oxygens (including phenoxy) is 1. The lowest BCUT2D eigenvalue weighted by atomic mass is 9.92. The van der Waals surface area contributed by atoms with Gasteiger partial charge >= 0.3 is 0 Å². The van der Waals surface area contributed by atoms with Crippen LogP contribution in [0.1, 0.15) is 18.9 Å². The molecule has 1 aromatic rings. The summed E-state index contributed by atoms with van der Waals surface area (Å²) in [6.07, 6.45) is 0.365. The normalized spacial score (nSPS) is 26.4. The first-order chi connectivity index (χ1) is 6.11. The maximum Gasteiger partial charge on any atom is 0.141 e. The van der Waals surface area contributed by atoms with Gasteiger partial charge < -0.3 is 4.74 Å². The van der Waals surface area contributed by atoms with Gasteiger partial charge in [0, 0.05) is 12.0 Å². The summed E-state index contributed by atoms with van der Waals surface area (Å²) in [5, 5.41) is 0.446. The summed E-state index contributed by atoms with van der Waals surface area (Å²) in [6.45, 7) is 1.96. The van der Waals surface area contributed by atoms with Crippen molar-refractivity contribution in [2.24, 2.45) is 0 Å². The molecule has 13 heavy (non-hydrogen) atoms. The molecule has 1 aliphatic heterocycles. The predicted molar refractivity (Wildman–Crippen MR) is 50.0 cm³/mol. The van der Waals surface area contributed by atoms with E-state index in [0.29, 0.717) is 29.4 Å². The van der Waals surface area contributed by atoms with E-state index in [1.54, 1.807) is 25.1 Å². The minimum absolute atomic E-state index is 0.365. The van der Waals surface area contributed by atoms with Crippen LogP contribution in [0.4, 0.5) is 4.39 Å².